The maximum atomic E-state index is 12.2. The number of aromatic nitrogens is 1. The third kappa shape index (κ3) is 3.78. The van der Waals surface area contributed by atoms with Gasteiger partial charge in [-0.3, -0.25) is 9.69 Å². The maximum absolute atomic E-state index is 12.2. The Hall–Kier alpha value is -1.45. The Kier molecular flexibility index (Phi) is 4.41. The van der Waals surface area contributed by atoms with E-state index in [1.165, 1.54) is 4.31 Å². The molecule has 0 bridgehead atoms. The van der Waals surface area contributed by atoms with Crippen LogP contribution in [-0.4, -0.2) is 66.6 Å². The second-order valence-electron chi connectivity index (χ2n) is 4.75. The molecule has 1 fully saturated rings. The van der Waals surface area contributed by atoms with Crippen molar-refractivity contribution in [3.05, 3.63) is 17.5 Å². The highest BCUT2D eigenvalue weighted by Crippen LogP contribution is 2.13. The molecule has 0 aliphatic carbocycles. The summed E-state index contributed by atoms with van der Waals surface area (Å²) in [5.41, 5.74) is 0.385. The Morgan fingerprint density at radius 2 is 2.05 bits per heavy atom. The molecule has 0 saturated carbocycles. The maximum Gasteiger partial charge on any atom is 0.317 e. The van der Waals surface area contributed by atoms with Crippen LogP contribution >= 0.6 is 0 Å². The zero-order chi connectivity index (χ0) is 14.8. The first-order valence-corrected chi connectivity index (χ1v) is 7.82. The molecule has 1 aliphatic heterocycles. The third-order valence-corrected chi connectivity index (χ3v) is 4.90. The predicted molar refractivity (Wildman–Crippen MR) is 69.5 cm³/mol. The summed E-state index contributed by atoms with van der Waals surface area (Å²) >= 11 is 0. The molecule has 0 amide bonds. The number of carboxylic acids is 1. The summed E-state index contributed by atoms with van der Waals surface area (Å²) in [6.45, 7) is 3.08. The lowest BCUT2D eigenvalue weighted by Crippen LogP contribution is -2.50. The fraction of sp³-hybridized carbons (Fsp3) is 0.636. The van der Waals surface area contributed by atoms with Gasteiger partial charge in [-0.2, -0.15) is 4.31 Å². The van der Waals surface area contributed by atoms with Gasteiger partial charge in [0.1, 0.15) is 17.2 Å². The summed E-state index contributed by atoms with van der Waals surface area (Å²) in [5.74, 6) is -0.524. The van der Waals surface area contributed by atoms with Crippen LogP contribution in [0.3, 0.4) is 0 Å². The largest absolute Gasteiger partial charge is 0.480 e. The normalized spacial score (nSPS) is 18.2. The van der Waals surface area contributed by atoms with E-state index in [4.69, 9.17) is 9.63 Å². The van der Waals surface area contributed by atoms with Gasteiger partial charge in [0, 0.05) is 32.2 Å². The number of piperazine rings is 1. The molecule has 0 aromatic carbocycles. The number of sulfonamides is 1. The zero-order valence-corrected chi connectivity index (χ0v) is 12.0. The van der Waals surface area contributed by atoms with Gasteiger partial charge in [0.05, 0.1) is 6.54 Å². The number of carbonyl (C=O) groups is 1. The van der Waals surface area contributed by atoms with Crippen LogP contribution in [0.2, 0.25) is 0 Å². The van der Waals surface area contributed by atoms with Gasteiger partial charge in [-0.15, -0.1) is 0 Å². The van der Waals surface area contributed by atoms with Crippen LogP contribution in [-0.2, 0) is 20.6 Å². The zero-order valence-electron chi connectivity index (χ0n) is 11.2. The van der Waals surface area contributed by atoms with E-state index in [1.807, 2.05) is 0 Å². The van der Waals surface area contributed by atoms with Gasteiger partial charge in [-0.25, -0.2) is 8.42 Å². The lowest BCUT2D eigenvalue weighted by atomic mass is 10.3. The Morgan fingerprint density at radius 1 is 1.40 bits per heavy atom. The minimum Gasteiger partial charge on any atom is -0.480 e. The van der Waals surface area contributed by atoms with Crippen molar-refractivity contribution < 1.29 is 22.8 Å². The van der Waals surface area contributed by atoms with E-state index in [0.717, 1.165) is 0 Å². The average molecular weight is 303 g/mol. The van der Waals surface area contributed by atoms with Gasteiger partial charge in [-0.1, -0.05) is 5.16 Å². The van der Waals surface area contributed by atoms with Gasteiger partial charge in [0.2, 0.25) is 10.0 Å². The molecule has 0 spiro atoms. The molecule has 1 aromatic rings. The Balaban J connectivity index is 1.93. The second kappa shape index (κ2) is 5.90. The van der Waals surface area contributed by atoms with E-state index in [2.05, 4.69) is 5.16 Å². The minimum absolute atomic E-state index is 0.0592. The van der Waals surface area contributed by atoms with Crippen molar-refractivity contribution in [3.8, 4) is 0 Å². The van der Waals surface area contributed by atoms with Crippen LogP contribution in [0.15, 0.2) is 10.6 Å². The smallest absolute Gasteiger partial charge is 0.317 e. The fourth-order valence-electron chi connectivity index (χ4n) is 2.12. The molecule has 1 aliphatic rings. The molecule has 1 N–H and O–H groups in total. The van der Waals surface area contributed by atoms with Crippen molar-refractivity contribution in [3.63, 3.8) is 0 Å². The fourth-order valence-corrected chi connectivity index (χ4v) is 3.53. The molecule has 8 nitrogen and oxygen atoms in total. The monoisotopic (exact) mass is 303 g/mol. The van der Waals surface area contributed by atoms with Gasteiger partial charge in [0.25, 0.3) is 0 Å². The highest BCUT2D eigenvalue weighted by atomic mass is 32.2. The van der Waals surface area contributed by atoms with E-state index in [9.17, 15) is 13.2 Å². The molecule has 1 aromatic heterocycles. The molecule has 0 unspecified atom stereocenters. The van der Waals surface area contributed by atoms with E-state index in [-0.39, 0.29) is 12.3 Å². The molecule has 1 saturated heterocycles. The summed E-state index contributed by atoms with van der Waals surface area (Å²) in [7, 11) is -3.44. The Labute approximate surface area is 117 Å². The van der Waals surface area contributed by atoms with Crippen LogP contribution in [0.1, 0.15) is 11.5 Å². The van der Waals surface area contributed by atoms with Gasteiger partial charge < -0.3 is 9.63 Å². The van der Waals surface area contributed by atoms with Gasteiger partial charge in [0.15, 0.2) is 0 Å². The molecule has 0 radical (unpaired) electrons. The SMILES string of the molecule is Cc1cc(CS(=O)(=O)N2CCN(CC(=O)O)CC2)no1. The van der Waals surface area contributed by atoms with Crippen molar-refractivity contribution in [2.75, 3.05) is 32.7 Å². The number of hydrogen-bond acceptors (Lipinski definition) is 6. The number of carboxylic acid groups (broad SMARTS) is 1. The van der Waals surface area contributed by atoms with E-state index in [0.29, 0.717) is 37.6 Å². The first-order chi connectivity index (χ1) is 9.37. The molecular weight excluding hydrogens is 286 g/mol. The third-order valence-electron chi connectivity index (χ3n) is 3.09. The Morgan fingerprint density at radius 3 is 2.55 bits per heavy atom. The van der Waals surface area contributed by atoms with E-state index in [1.54, 1.807) is 17.9 Å². The summed E-state index contributed by atoms with van der Waals surface area (Å²) in [6.07, 6.45) is 0. The standard InChI is InChI=1S/C11H17N3O5S/c1-9-6-10(12-19-9)8-20(17,18)14-4-2-13(3-5-14)7-11(15)16/h6H,2-5,7-8H2,1H3,(H,15,16). The van der Waals surface area contributed by atoms with E-state index >= 15 is 0 Å². The summed E-state index contributed by atoms with van der Waals surface area (Å²) in [5, 5.41) is 12.4. The Bertz CT molecular complexity index is 575. The van der Waals surface area contributed by atoms with Crippen LogP contribution in [0.25, 0.3) is 0 Å². The van der Waals surface area contributed by atoms with Crippen molar-refractivity contribution in [1.82, 2.24) is 14.4 Å². The highest BCUT2D eigenvalue weighted by Gasteiger charge is 2.28. The van der Waals surface area contributed by atoms with Gasteiger partial charge >= 0.3 is 5.97 Å². The molecular formula is C11H17N3O5S. The van der Waals surface area contributed by atoms with Gasteiger partial charge in [-0.05, 0) is 6.92 Å². The number of hydrogen-bond donors (Lipinski definition) is 1. The highest BCUT2D eigenvalue weighted by molar-refractivity contribution is 7.88. The first-order valence-electron chi connectivity index (χ1n) is 6.21. The minimum atomic E-state index is -3.44. The number of rotatable bonds is 5. The van der Waals surface area contributed by atoms with Crippen molar-refractivity contribution >= 4 is 16.0 Å². The quantitative estimate of drug-likeness (QED) is 0.783. The number of nitrogens with zero attached hydrogens (tertiary/aromatic N) is 3. The van der Waals surface area contributed by atoms with E-state index < -0.39 is 16.0 Å². The summed E-state index contributed by atoms with van der Waals surface area (Å²) in [4.78, 5) is 12.3. The average Bonchev–Trinajstić information content (AvgIpc) is 2.74. The van der Waals surface area contributed by atoms with Crippen LogP contribution < -0.4 is 0 Å². The summed E-state index contributed by atoms with van der Waals surface area (Å²) < 4.78 is 30.6. The first kappa shape index (κ1) is 14.9. The molecule has 112 valence electrons. The molecule has 2 heterocycles. The van der Waals surface area contributed by atoms with Crippen LogP contribution in [0.5, 0.6) is 0 Å². The lowest BCUT2D eigenvalue weighted by molar-refractivity contribution is -0.138. The molecule has 2 rings (SSSR count). The number of aryl methyl sites for hydroxylation is 1. The van der Waals surface area contributed by atoms with Crippen molar-refractivity contribution in [1.29, 1.82) is 0 Å². The summed E-state index contributed by atoms with van der Waals surface area (Å²) in [6, 6.07) is 1.60. The van der Waals surface area contributed by atoms with Crippen molar-refractivity contribution in [2.45, 2.75) is 12.7 Å². The molecule has 20 heavy (non-hydrogen) atoms. The lowest BCUT2D eigenvalue weighted by Gasteiger charge is -2.32. The predicted octanol–water partition coefficient (Wildman–Crippen LogP) is -0.485. The molecule has 0 atom stereocenters. The van der Waals surface area contributed by atoms with Crippen LogP contribution in [0.4, 0.5) is 0 Å². The van der Waals surface area contributed by atoms with Crippen LogP contribution in [0, 0.1) is 6.92 Å². The molecule has 9 heteroatoms. The van der Waals surface area contributed by atoms with Crippen molar-refractivity contribution in [2.24, 2.45) is 0 Å². The topological polar surface area (TPSA) is 104 Å². The number of aliphatic carboxylic acids is 1. The second-order valence-corrected chi connectivity index (χ2v) is 6.72.